The van der Waals surface area contributed by atoms with Crippen molar-refractivity contribution in [3.05, 3.63) is 95.3 Å². The molecule has 34 heavy (non-hydrogen) atoms. The second-order valence-corrected chi connectivity index (χ2v) is 8.67. The van der Waals surface area contributed by atoms with Crippen molar-refractivity contribution in [3.63, 3.8) is 0 Å². The highest BCUT2D eigenvalue weighted by atomic mass is 19.1. The lowest BCUT2D eigenvalue weighted by molar-refractivity contribution is -0.126. The van der Waals surface area contributed by atoms with E-state index in [2.05, 4.69) is 5.32 Å². The number of benzene rings is 3. The Morgan fingerprint density at radius 1 is 0.941 bits per heavy atom. The number of halogens is 1. The molecule has 2 heterocycles. The molecule has 2 amide bonds. The molecule has 2 aliphatic heterocycles. The number of fused-ring (bicyclic) bond motifs is 1. The lowest BCUT2D eigenvalue weighted by atomic mass is 9.83. The van der Waals surface area contributed by atoms with E-state index >= 15 is 0 Å². The largest absolute Gasteiger partial charge is 0.454 e. The van der Waals surface area contributed by atoms with Crippen molar-refractivity contribution in [2.75, 3.05) is 19.9 Å². The molecule has 0 aromatic heterocycles. The van der Waals surface area contributed by atoms with Crippen LogP contribution in [-0.2, 0) is 11.3 Å². The predicted octanol–water partition coefficient (Wildman–Crippen LogP) is 4.12. The first-order valence-electron chi connectivity index (χ1n) is 11.3. The van der Waals surface area contributed by atoms with Gasteiger partial charge >= 0.3 is 0 Å². The number of likely N-dealkylation sites (tertiary alicyclic amines) is 1. The van der Waals surface area contributed by atoms with Crippen LogP contribution >= 0.6 is 0 Å². The maximum Gasteiger partial charge on any atom is 0.253 e. The van der Waals surface area contributed by atoms with Crippen LogP contribution in [0.1, 0.15) is 33.8 Å². The Morgan fingerprint density at radius 2 is 1.76 bits per heavy atom. The Labute approximate surface area is 197 Å². The molecule has 1 saturated heterocycles. The number of hydrogen-bond donors (Lipinski definition) is 1. The van der Waals surface area contributed by atoms with Crippen LogP contribution in [0.15, 0.2) is 72.8 Å². The average molecular weight is 461 g/mol. The van der Waals surface area contributed by atoms with Gasteiger partial charge in [-0.05, 0) is 47.9 Å². The van der Waals surface area contributed by atoms with E-state index in [4.69, 9.17) is 9.47 Å². The van der Waals surface area contributed by atoms with Crippen molar-refractivity contribution in [2.24, 2.45) is 5.92 Å². The molecule has 1 N–H and O–H groups in total. The molecular formula is C27H25FN2O4. The number of carbonyl (C=O) groups excluding carboxylic acids is 2. The van der Waals surface area contributed by atoms with Crippen molar-refractivity contribution in [1.82, 2.24) is 10.2 Å². The Morgan fingerprint density at radius 3 is 2.59 bits per heavy atom. The highest BCUT2D eigenvalue weighted by Crippen LogP contribution is 2.33. The normalized spacial score (nSPS) is 19.0. The third kappa shape index (κ3) is 4.73. The Balaban J connectivity index is 1.32. The van der Waals surface area contributed by atoms with E-state index in [0.29, 0.717) is 31.0 Å². The van der Waals surface area contributed by atoms with E-state index in [9.17, 15) is 14.0 Å². The number of amides is 2. The zero-order valence-corrected chi connectivity index (χ0v) is 18.6. The van der Waals surface area contributed by atoms with Gasteiger partial charge in [0.2, 0.25) is 12.7 Å². The van der Waals surface area contributed by atoms with Gasteiger partial charge in [0.1, 0.15) is 5.82 Å². The van der Waals surface area contributed by atoms with E-state index in [1.165, 1.54) is 18.2 Å². The molecule has 2 aliphatic rings. The van der Waals surface area contributed by atoms with E-state index in [1.807, 2.05) is 48.5 Å². The molecule has 0 spiro atoms. The highest BCUT2D eigenvalue weighted by molar-refractivity contribution is 5.94. The zero-order valence-electron chi connectivity index (χ0n) is 18.6. The average Bonchev–Trinajstić information content (AvgIpc) is 3.35. The molecule has 2 atom stereocenters. The summed E-state index contributed by atoms with van der Waals surface area (Å²) in [4.78, 5) is 28.0. The van der Waals surface area contributed by atoms with Crippen LogP contribution in [0.3, 0.4) is 0 Å². The van der Waals surface area contributed by atoms with Crippen molar-refractivity contribution in [2.45, 2.75) is 18.9 Å². The third-order valence-electron chi connectivity index (χ3n) is 6.35. The van der Waals surface area contributed by atoms with Crippen molar-refractivity contribution in [3.8, 4) is 11.5 Å². The molecule has 5 rings (SSSR count). The molecule has 0 radical (unpaired) electrons. The summed E-state index contributed by atoms with van der Waals surface area (Å²) in [5.74, 6) is 0.142. The van der Waals surface area contributed by atoms with Gasteiger partial charge in [0, 0.05) is 31.1 Å². The van der Waals surface area contributed by atoms with Gasteiger partial charge in [-0.25, -0.2) is 4.39 Å². The van der Waals surface area contributed by atoms with Gasteiger partial charge in [0.05, 0.1) is 5.92 Å². The summed E-state index contributed by atoms with van der Waals surface area (Å²) in [6.07, 6.45) is 0.629. The molecule has 3 aromatic rings. The van der Waals surface area contributed by atoms with Crippen LogP contribution in [0.4, 0.5) is 4.39 Å². The summed E-state index contributed by atoms with van der Waals surface area (Å²) in [7, 11) is 0. The molecule has 0 saturated carbocycles. The fraction of sp³-hybridized carbons (Fsp3) is 0.259. The van der Waals surface area contributed by atoms with Crippen LogP contribution in [-0.4, -0.2) is 36.6 Å². The van der Waals surface area contributed by atoms with Gasteiger partial charge in [-0.15, -0.1) is 0 Å². The quantitative estimate of drug-likeness (QED) is 0.622. The number of nitrogens with zero attached hydrogens (tertiary/aromatic N) is 1. The molecule has 0 bridgehead atoms. The second-order valence-electron chi connectivity index (χ2n) is 8.67. The smallest absolute Gasteiger partial charge is 0.253 e. The van der Waals surface area contributed by atoms with Crippen molar-refractivity contribution >= 4 is 11.8 Å². The molecule has 0 aliphatic carbocycles. The fourth-order valence-corrected chi connectivity index (χ4v) is 4.61. The first-order chi connectivity index (χ1) is 16.6. The SMILES string of the molecule is O=C(NCc1ccc2c(c1)OCO2)C1CC(c2ccccc2)CN(C(=O)c2cccc(F)c2)C1. The van der Waals surface area contributed by atoms with Crippen LogP contribution < -0.4 is 14.8 Å². The Kier molecular flexibility index (Phi) is 6.16. The number of hydrogen-bond acceptors (Lipinski definition) is 4. The minimum absolute atomic E-state index is 0.00810. The molecule has 6 nitrogen and oxygen atoms in total. The molecule has 3 aromatic carbocycles. The van der Waals surface area contributed by atoms with E-state index in [-0.39, 0.29) is 42.6 Å². The summed E-state index contributed by atoms with van der Waals surface area (Å²) in [6, 6.07) is 21.1. The van der Waals surface area contributed by atoms with Crippen LogP contribution in [0.2, 0.25) is 0 Å². The number of rotatable bonds is 5. The number of ether oxygens (including phenoxy) is 2. The van der Waals surface area contributed by atoms with Gasteiger partial charge in [-0.1, -0.05) is 42.5 Å². The molecule has 174 valence electrons. The molecule has 2 unspecified atom stereocenters. The van der Waals surface area contributed by atoms with E-state index < -0.39 is 5.82 Å². The fourth-order valence-electron chi connectivity index (χ4n) is 4.61. The summed E-state index contributed by atoms with van der Waals surface area (Å²) < 4.78 is 24.5. The number of nitrogens with one attached hydrogen (secondary N) is 1. The lowest BCUT2D eigenvalue weighted by Gasteiger charge is -2.37. The summed E-state index contributed by atoms with van der Waals surface area (Å²) in [6.45, 7) is 1.31. The zero-order chi connectivity index (χ0) is 23.5. The maximum atomic E-state index is 13.7. The number of piperidine rings is 1. The maximum absolute atomic E-state index is 13.7. The first-order valence-corrected chi connectivity index (χ1v) is 11.3. The second kappa shape index (κ2) is 9.55. The minimum Gasteiger partial charge on any atom is -0.454 e. The van der Waals surface area contributed by atoms with Gasteiger partial charge in [-0.2, -0.15) is 0 Å². The molecular weight excluding hydrogens is 435 g/mol. The van der Waals surface area contributed by atoms with Crippen LogP contribution in [0.25, 0.3) is 0 Å². The Hall–Kier alpha value is -3.87. The monoisotopic (exact) mass is 460 g/mol. The van der Waals surface area contributed by atoms with Crippen LogP contribution in [0, 0.1) is 11.7 Å². The third-order valence-corrected chi connectivity index (χ3v) is 6.35. The molecule has 7 heteroatoms. The van der Waals surface area contributed by atoms with Crippen molar-refractivity contribution in [1.29, 1.82) is 0 Å². The first kappa shape index (κ1) is 21.9. The molecule has 1 fully saturated rings. The highest BCUT2D eigenvalue weighted by Gasteiger charge is 2.35. The Bertz CT molecular complexity index is 1200. The van der Waals surface area contributed by atoms with Crippen LogP contribution in [0.5, 0.6) is 11.5 Å². The number of carbonyl (C=O) groups is 2. The summed E-state index contributed by atoms with van der Waals surface area (Å²) in [5, 5.41) is 3.01. The summed E-state index contributed by atoms with van der Waals surface area (Å²) in [5.41, 5.74) is 2.27. The summed E-state index contributed by atoms with van der Waals surface area (Å²) >= 11 is 0. The van der Waals surface area contributed by atoms with Gasteiger partial charge in [0.25, 0.3) is 5.91 Å². The topological polar surface area (TPSA) is 67.9 Å². The van der Waals surface area contributed by atoms with Gasteiger partial charge < -0.3 is 19.7 Å². The van der Waals surface area contributed by atoms with Gasteiger partial charge in [0.15, 0.2) is 11.5 Å². The van der Waals surface area contributed by atoms with Gasteiger partial charge in [-0.3, -0.25) is 9.59 Å². The minimum atomic E-state index is -0.458. The standard InChI is InChI=1S/C27H25FN2O4/c28-23-8-4-7-20(13-23)27(32)30-15-21(19-5-2-1-3-6-19)12-22(16-30)26(31)29-14-18-9-10-24-25(11-18)34-17-33-24/h1-11,13,21-22H,12,14-17H2,(H,29,31). The lowest BCUT2D eigenvalue weighted by Crippen LogP contribution is -2.48. The van der Waals surface area contributed by atoms with E-state index in [0.717, 1.165) is 11.1 Å². The predicted molar refractivity (Wildman–Crippen MR) is 124 cm³/mol. The van der Waals surface area contributed by atoms with E-state index in [1.54, 1.807) is 11.0 Å². The van der Waals surface area contributed by atoms with Crippen molar-refractivity contribution < 1.29 is 23.5 Å².